The second-order valence-electron chi connectivity index (χ2n) is 5.40. The molecule has 3 rings (SSSR count). The molecule has 120 valence electrons. The number of hydrogen-bond donors (Lipinski definition) is 2. The summed E-state index contributed by atoms with van der Waals surface area (Å²) in [5.74, 6) is -0.0224. The molecule has 0 saturated carbocycles. The van der Waals surface area contributed by atoms with Gasteiger partial charge >= 0.3 is 0 Å². The van der Waals surface area contributed by atoms with Crippen molar-refractivity contribution in [3.63, 3.8) is 0 Å². The van der Waals surface area contributed by atoms with E-state index in [0.717, 1.165) is 24.2 Å². The molecule has 0 bridgehead atoms. The number of H-pyrrole nitrogens is 1. The van der Waals surface area contributed by atoms with E-state index in [4.69, 9.17) is 4.74 Å². The maximum Gasteiger partial charge on any atom is 0.273 e. The van der Waals surface area contributed by atoms with Crippen molar-refractivity contribution in [2.24, 2.45) is 5.92 Å². The Kier molecular flexibility index (Phi) is 3.96. The first kappa shape index (κ1) is 15.0. The molecule has 0 fully saturated rings. The Labute approximate surface area is 132 Å². The highest BCUT2D eigenvalue weighted by atomic mass is 16.6. The zero-order chi connectivity index (χ0) is 16.4. The highest BCUT2D eigenvalue weighted by Crippen LogP contribution is 2.30. The van der Waals surface area contributed by atoms with Crippen molar-refractivity contribution in [1.82, 2.24) is 9.97 Å². The zero-order valence-electron chi connectivity index (χ0n) is 12.5. The van der Waals surface area contributed by atoms with Crippen molar-refractivity contribution >= 4 is 17.3 Å². The lowest BCUT2D eigenvalue weighted by atomic mass is 9.89. The number of carbonyl (C=O) groups is 1. The molecule has 8 nitrogen and oxygen atoms in total. The van der Waals surface area contributed by atoms with Gasteiger partial charge in [-0.25, -0.2) is 4.98 Å². The third kappa shape index (κ3) is 3.01. The van der Waals surface area contributed by atoms with Crippen molar-refractivity contribution in [2.75, 3.05) is 12.4 Å². The number of hydrogen-bond acceptors (Lipinski definition) is 5. The van der Waals surface area contributed by atoms with Crippen LogP contribution in [-0.4, -0.2) is 27.9 Å². The van der Waals surface area contributed by atoms with Gasteiger partial charge in [0.2, 0.25) is 5.91 Å². The first-order valence-corrected chi connectivity index (χ1v) is 7.23. The van der Waals surface area contributed by atoms with Crippen LogP contribution in [0, 0.1) is 16.0 Å². The molecular formula is C15H16N4O4. The highest BCUT2D eigenvalue weighted by Gasteiger charge is 2.27. The van der Waals surface area contributed by atoms with Gasteiger partial charge in [-0.2, -0.15) is 0 Å². The van der Waals surface area contributed by atoms with Gasteiger partial charge in [0.15, 0.2) is 0 Å². The fourth-order valence-electron chi connectivity index (χ4n) is 2.76. The average molecular weight is 316 g/mol. The highest BCUT2D eigenvalue weighted by molar-refractivity contribution is 5.94. The molecule has 23 heavy (non-hydrogen) atoms. The minimum Gasteiger partial charge on any atom is -0.494 e. The SMILES string of the molecule is COc1cc([N+](=O)[O-])ccc1NC(=O)C1CCc2nc[nH]c2C1. The summed E-state index contributed by atoms with van der Waals surface area (Å²) in [7, 11) is 1.41. The summed E-state index contributed by atoms with van der Waals surface area (Å²) in [6, 6.07) is 4.12. The molecule has 1 aromatic carbocycles. The number of fused-ring (bicyclic) bond motifs is 1. The second-order valence-corrected chi connectivity index (χ2v) is 5.40. The van der Waals surface area contributed by atoms with Crippen LogP contribution >= 0.6 is 0 Å². The van der Waals surface area contributed by atoms with E-state index in [9.17, 15) is 14.9 Å². The number of rotatable bonds is 4. The van der Waals surface area contributed by atoms with Crippen LogP contribution in [0.3, 0.4) is 0 Å². The molecule has 0 radical (unpaired) electrons. The first-order chi connectivity index (χ1) is 11.1. The standard InChI is InChI=1S/C15H16N4O4/c1-23-14-7-10(19(21)22)3-5-12(14)18-15(20)9-2-4-11-13(6-9)17-8-16-11/h3,5,7-9H,2,4,6H2,1H3,(H,16,17)(H,18,20). The number of nitrogens with zero attached hydrogens (tertiary/aromatic N) is 2. The number of aryl methyl sites for hydroxylation is 1. The number of aromatic amines is 1. The smallest absolute Gasteiger partial charge is 0.273 e. The Hall–Kier alpha value is -2.90. The molecule has 0 saturated heterocycles. The van der Waals surface area contributed by atoms with Gasteiger partial charge in [0, 0.05) is 24.1 Å². The van der Waals surface area contributed by atoms with Crippen molar-refractivity contribution < 1.29 is 14.5 Å². The molecule has 0 aliphatic heterocycles. The Bertz CT molecular complexity index is 756. The largest absolute Gasteiger partial charge is 0.494 e. The molecule has 1 atom stereocenters. The van der Waals surface area contributed by atoms with E-state index in [1.165, 1.54) is 25.3 Å². The number of nitro benzene ring substituents is 1. The number of benzene rings is 1. The molecule has 1 unspecified atom stereocenters. The lowest BCUT2D eigenvalue weighted by molar-refractivity contribution is -0.384. The molecule has 2 aromatic rings. The monoisotopic (exact) mass is 316 g/mol. The minimum atomic E-state index is -0.505. The molecule has 1 amide bonds. The van der Waals surface area contributed by atoms with Gasteiger partial charge in [-0.1, -0.05) is 0 Å². The van der Waals surface area contributed by atoms with Crippen LogP contribution in [0.15, 0.2) is 24.5 Å². The van der Waals surface area contributed by atoms with Crippen LogP contribution in [0.5, 0.6) is 5.75 Å². The van der Waals surface area contributed by atoms with Crippen molar-refractivity contribution in [3.8, 4) is 5.75 Å². The number of methoxy groups -OCH3 is 1. The number of nitrogens with one attached hydrogen (secondary N) is 2. The lowest BCUT2D eigenvalue weighted by Gasteiger charge is -2.21. The number of aromatic nitrogens is 2. The maximum absolute atomic E-state index is 12.5. The van der Waals surface area contributed by atoms with E-state index in [1.807, 2.05) is 0 Å². The van der Waals surface area contributed by atoms with E-state index in [-0.39, 0.29) is 23.3 Å². The molecule has 1 aromatic heterocycles. The van der Waals surface area contributed by atoms with Crippen LogP contribution in [0.2, 0.25) is 0 Å². The number of nitro groups is 1. The van der Waals surface area contributed by atoms with E-state index < -0.39 is 4.92 Å². The van der Waals surface area contributed by atoms with E-state index in [1.54, 1.807) is 6.33 Å². The Morgan fingerprint density at radius 1 is 1.52 bits per heavy atom. The summed E-state index contributed by atoms with van der Waals surface area (Å²) in [6.07, 6.45) is 3.73. The summed E-state index contributed by atoms with van der Waals surface area (Å²) >= 11 is 0. The summed E-state index contributed by atoms with van der Waals surface area (Å²) in [5, 5.41) is 13.6. The average Bonchev–Trinajstić information content (AvgIpc) is 3.02. The predicted molar refractivity (Wildman–Crippen MR) is 82.4 cm³/mol. The Morgan fingerprint density at radius 3 is 3.09 bits per heavy atom. The number of non-ortho nitro benzene ring substituents is 1. The number of ether oxygens (including phenoxy) is 1. The van der Waals surface area contributed by atoms with Gasteiger partial charge in [0.25, 0.3) is 5.69 Å². The fraction of sp³-hybridized carbons (Fsp3) is 0.333. The number of imidazole rings is 1. The van der Waals surface area contributed by atoms with Gasteiger partial charge in [0.1, 0.15) is 5.75 Å². The molecule has 0 spiro atoms. The van der Waals surface area contributed by atoms with E-state index in [2.05, 4.69) is 15.3 Å². The third-order valence-corrected chi connectivity index (χ3v) is 4.01. The lowest BCUT2D eigenvalue weighted by Crippen LogP contribution is -2.28. The molecule has 2 N–H and O–H groups in total. The van der Waals surface area contributed by atoms with Crippen LogP contribution in [0.4, 0.5) is 11.4 Å². The fourth-order valence-corrected chi connectivity index (χ4v) is 2.76. The van der Waals surface area contributed by atoms with Crippen LogP contribution < -0.4 is 10.1 Å². The predicted octanol–water partition coefficient (Wildman–Crippen LogP) is 2.07. The number of amides is 1. The molecular weight excluding hydrogens is 300 g/mol. The van der Waals surface area contributed by atoms with E-state index in [0.29, 0.717) is 12.1 Å². The second kappa shape index (κ2) is 6.07. The zero-order valence-corrected chi connectivity index (χ0v) is 12.5. The van der Waals surface area contributed by atoms with Crippen molar-refractivity contribution in [1.29, 1.82) is 0 Å². The minimum absolute atomic E-state index is 0.0837. The molecule has 1 aliphatic rings. The van der Waals surface area contributed by atoms with Crippen molar-refractivity contribution in [2.45, 2.75) is 19.3 Å². The van der Waals surface area contributed by atoms with Crippen molar-refractivity contribution in [3.05, 3.63) is 46.0 Å². The first-order valence-electron chi connectivity index (χ1n) is 7.23. The Morgan fingerprint density at radius 2 is 2.35 bits per heavy atom. The quantitative estimate of drug-likeness (QED) is 0.662. The normalized spacial score (nSPS) is 16.5. The number of anilines is 1. The number of carbonyl (C=O) groups excluding carboxylic acids is 1. The third-order valence-electron chi connectivity index (χ3n) is 4.01. The van der Waals surface area contributed by atoms with Gasteiger partial charge in [0.05, 0.1) is 35.8 Å². The van der Waals surface area contributed by atoms with Crippen LogP contribution in [-0.2, 0) is 17.6 Å². The molecule has 1 aliphatic carbocycles. The maximum atomic E-state index is 12.5. The van der Waals surface area contributed by atoms with E-state index >= 15 is 0 Å². The molecule has 1 heterocycles. The summed E-state index contributed by atoms with van der Waals surface area (Å²) in [4.78, 5) is 30.0. The van der Waals surface area contributed by atoms with Gasteiger partial charge in [-0.05, 0) is 18.9 Å². The summed E-state index contributed by atoms with van der Waals surface area (Å²) in [5.41, 5.74) is 2.35. The van der Waals surface area contributed by atoms with Gasteiger partial charge in [-0.3, -0.25) is 14.9 Å². The van der Waals surface area contributed by atoms with Crippen LogP contribution in [0.1, 0.15) is 17.8 Å². The van der Waals surface area contributed by atoms with Gasteiger partial charge < -0.3 is 15.0 Å². The summed E-state index contributed by atoms with van der Waals surface area (Å²) < 4.78 is 5.13. The van der Waals surface area contributed by atoms with Crippen LogP contribution in [0.25, 0.3) is 0 Å². The topological polar surface area (TPSA) is 110 Å². The Balaban J connectivity index is 1.74. The van der Waals surface area contributed by atoms with Gasteiger partial charge in [-0.15, -0.1) is 0 Å². The summed E-state index contributed by atoms with van der Waals surface area (Å²) in [6.45, 7) is 0. The molecule has 8 heteroatoms.